The lowest BCUT2D eigenvalue weighted by Crippen LogP contribution is -2.37. The van der Waals surface area contributed by atoms with Crippen molar-refractivity contribution in [2.45, 2.75) is 20.4 Å². The van der Waals surface area contributed by atoms with Crippen molar-refractivity contribution < 1.29 is 0 Å². The highest BCUT2D eigenvalue weighted by Gasteiger charge is 2.17. The maximum absolute atomic E-state index is 4.07. The van der Waals surface area contributed by atoms with Gasteiger partial charge in [0, 0.05) is 37.7 Å². The second-order valence-electron chi connectivity index (χ2n) is 6.64. The molecule has 2 rings (SSSR count). The summed E-state index contributed by atoms with van der Waals surface area (Å²) in [5, 5.41) is 3.56. The Morgan fingerprint density at radius 3 is 2.48 bits per heavy atom. The minimum absolute atomic E-state index is 0.278. The van der Waals surface area contributed by atoms with E-state index >= 15 is 0 Å². The summed E-state index contributed by atoms with van der Waals surface area (Å²) in [6, 6.07) is 8.59. The fraction of sp³-hybridized carbons (Fsp3) is 0.471. The van der Waals surface area contributed by atoms with E-state index in [2.05, 4.69) is 67.4 Å². The first kappa shape index (κ1) is 15.7. The highest BCUT2D eigenvalue weighted by molar-refractivity contribution is 5.34. The fourth-order valence-electron chi connectivity index (χ4n) is 2.65. The van der Waals surface area contributed by atoms with Crippen LogP contribution in [0, 0.1) is 5.41 Å². The van der Waals surface area contributed by atoms with Gasteiger partial charge < -0.3 is 14.8 Å². The van der Waals surface area contributed by atoms with Crippen molar-refractivity contribution in [2.75, 3.05) is 27.2 Å². The minimum atomic E-state index is 0.278. The summed E-state index contributed by atoms with van der Waals surface area (Å²) in [5.41, 5.74) is 2.73. The standard InChI is InChI=1S/C17H26N4/c1-17(2,13-20(3)4)12-19-11-15-5-7-16(8-6-15)21-10-9-18-14-21/h5-10,14,19H,11-13H2,1-4H3. The van der Waals surface area contributed by atoms with Crippen molar-refractivity contribution in [1.82, 2.24) is 19.8 Å². The topological polar surface area (TPSA) is 33.1 Å². The zero-order valence-electron chi connectivity index (χ0n) is 13.5. The van der Waals surface area contributed by atoms with Crippen molar-refractivity contribution in [1.29, 1.82) is 0 Å². The van der Waals surface area contributed by atoms with Gasteiger partial charge in [-0.25, -0.2) is 4.98 Å². The van der Waals surface area contributed by atoms with Gasteiger partial charge in [-0.05, 0) is 37.2 Å². The molecule has 21 heavy (non-hydrogen) atoms. The molecular formula is C17H26N4. The molecule has 1 heterocycles. The number of hydrogen-bond acceptors (Lipinski definition) is 3. The molecule has 4 nitrogen and oxygen atoms in total. The van der Waals surface area contributed by atoms with Gasteiger partial charge in [-0.2, -0.15) is 0 Å². The molecular weight excluding hydrogens is 260 g/mol. The van der Waals surface area contributed by atoms with Gasteiger partial charge in [0.15, 0.2) is 0 Å². The summed E-state index contributed by atoms with van der Waals surface area (Å²) in [6.07, 6.45) is 5.57. The number of nitrogens with zero attached hydrogens (tertiary/aromatic N) is 3. The van der Waals surface area contributed by atoms with E-state index in [1.54, 1.807) is 6.20 Å². The van der Waals surface area contributed by atoms with Crippen LogP contribution in [0.4, 0.5) is 0 Å². The third kappa shape index (κ3) is 4.99. The molecule has 0 aliphatic rings. The van der Waals surface area contributed by atoms with Crippen molar-refractivity contribution >= 4 is 0 Å². The van der Waals surface area contributed by atoms with E-state index in [1.807, 2.05) is 17.1 Å². The van der Waals surface area contributed by atoms with E-state index < -0.39 is 0 Å². The van der Waals surface area contributed by atoms with Crippen molar-refractivity contribution in [2.24, 2.45) is 5.41 Å². The largest absolute Gasteiger partial charge is 0.312 e. The molecule has 0 amide bonds. The van der Waals surface area contributed by atoms with Crippen LogP contribution in [-0.2, 0) is 6.54 Å². The van der Waals surface area contributed by atoms with Gasteiger partial charge in [0.2, 0.25) is 0 Å². The van der Waals surface area contributed by atoms with Crippen LogP contribution in [0.1, 0.15) is 19.4 Å². The normalized spacial score (nSPS) is 12.0. The predicted molar refractivity (Wildman–Crippen MR) is 87.6 cm³/mol. The Morgan fingerprint density at radius 1 is 1.19 bits per heavy atom. The Balaban J connectivity index is 1.84. The Kier molecular flexibility index (Phi) is 5.15. The van der Waals surface area contributed by atoms with Crippen LogP contribution in [0.15, 0.2) is 43.0 Å². The second-order valence-corrected chi connectivity index (χ2v) is 6.64. The average molecular weight is 286 g/mol. The Labute approximate surface area is 127 Å². The molecule has 2 aromatic rings. The lowest BCUT2D eigenvalue weighted by atomic mass is 9.93. The molecule has 1 N–H and O–H groups in total. The zero-order chi connectivity index (χ0) is 15.3. The maximum Gasteiger partial charge on any atom is 0.0991 e. The molecule has 0 aliphatic carbocycles. The quantitative estimate of drug-likeness (QED) is 0.849. The molecule has 0 unspecified atom stereocenters. The van der Waals surface area contributed by atoms with E-state index in [9.17, 15) is 0 Å². The Bertz CT molecular complexity index is 526. The van der Waals surface area contributed by atoms with Gasteiger partial charge in [-0.3, -0.25) is 0 Å². The number of rotatable bonds is 7. The van der Waals surface area contributed by atoms with Crippen LogP contribution in [0.5, 0.6) is 0 Å². The van der Waals surface area contributed by atoms with Crippen LogP contribution in [0.25, 0.3) is 5.69 Å². The summed E-state index contributed by atoms with van der Waals surface area (Å²) in [4.78, 5) is 6.31. The van der Waals surface area contributed by atoms with Crippen molar-refractivity contribution in [3.63, 3.8) is 0 Å². The Hall–Kier alpha value is -1.65. The molecule has 114 valence electrons. The zero-order valence-corrected chi connectivity index (χ0v) is 13.5. The molecule has 0 aliphatic heterocycles. The molecule has 4 heteroatoms. The number of benzene rings is 1. The molecule has 1 aromatic heterocycles. The second kappa shape index (κ2) is 6.87. The smallest absolute Gasteiger partial charge is 0.0991 e. The van der Waals surface area contributed by atoms with Crippen molar-refractivity contribution in [3.8, 4) is 5.69 Å². The van der Waals surface area contributed by atoms with Gasteiger partial charge in [-0.15, -0.1) is 0 Å². The number of imidazole rings is 1. The third-order valence-corrected chi connectivity index (χ3v) is 3.42. The van der Waals surface area contributed by atoms with Gasteiger partial charge in [0.05, 0.1) is 6.33 Å². The Morgan fingerprint density at radius 2 is 1.90 bits per heavy atom. The third-order valence-electron chi connectivity index (χ3n) is 3.42. The average Bonchev–Trinajstić information content (AvgIpc) is 2.91. The SMILES string of the molecule is CN(C)CC(C)(C)CNCc1ccc(-n2ccnc2)cc1. The predicted octanol–water partition coefficient (Wildman–Crippen LogP) is 2.55. The van der Waals surface area contributed by atoms with Gasteiger partial charge in [0.1, 0.15) is 0 Å². The highest BCUT2D eigenvalue weighted by Crippen LogP contribution is 2.15. The minimum Gasteiger partial charge on any atom is -0.312 e. The summed E-state index contributed by atoms with van der Waals surface area (Å²) in [5.74, 6) is 0. The number of aromatic nitrogens is 2. The fourth-order valence-corrected chi connectivity index (χ4v) is 2.65. The summed E-state index contributed by atoms with van der Waals surface area (Å²) in [6.45, 7) is 7.58. The van der Waals surface area contributed by atoms with Crippen LogP contribution in [0.2, 0.25) is 0 Å². The van der Waals surface area contributed by atoms with Crippen LogP contribution in [0.3, 0.4) is 0 Å². The molecule has 0 radical (unpaired) electrons. The molecule has 0 spiro atoms. The van der Waals surface area contributed by atoms with E-state index in [1.165, 1.54) is 5.56 Å². The lowest BCUT2D eigenvalue weighted by molar-refractivity contribution is 0.232. The molecule has 0 fully saturated rings. The molecule has 0 saturated heterocycles. The van der Waals surface area contributed by atoms with Gasteiger partial charge >= 0.3 is 0 Å². The van der Waals surface area contributed by atoms with E-state index in [4.69, 9.17) is 0 Å². The van der Waals surface area contributed by atoms with E-state index in [-0.39, 0.29) is 5.41 Å². The van der Waals surface area contributed by atoms with Gasteiger partial charge in [0.25, 0.3) is 0 Å². The first-order valence-electron chi connectivity index (χ1n) is 7.39. The lowest BCUT2D eigenvalue weighted by Gasteiger charge is -2.28. The first-order valence-corrected chi connectivity index (χ1v) is 7.39. The van der Waals surface area contributed by atoms with Crippen molar-refractivity contribution in [3.05, 3.63) is 48.5 Å². The van der Waals surface area contributed by atoms with Gasteiger partial charge in [-0.1, -0.05) is 26.0 Å². The summed E-state index contributed by atoms with van der Waals surface area (Å²) < 4.78 is 2.01. The highest BCUT2D eigenvalue weighted by atomic mass is 15.1. The maximum atomic E-state index is 4.07. The number of hydrogen-bond donors (Lipinski definition) is 1. The van der Waals surface area contributed by atoms with Crippen LogP contribution >= 0.6 is 0 Å². The summed E-state index contributed by atoms with van der Waals surface area (Å²) >= 11 is 0. The molecule has 0 saturated carbocycles. The first-order chi connectivity index (χ1) is 9.96. The van der Waals surface area contributed by atoms with E-state index in [0.29, 0.717) is 0 Å². The van der Waals surface area contributed by atoms with E-state index in [0.717, 1.165) is 25.3 Å². The van der Waals surface area contributed by atoms with Crippen LogP contribution in [-0.4, -0.2) is 41.6 Å². The molecule has 0 bridgehead atoms. The van der Waals surface area contributed by atoms with Crippen LogP contribution < -0.4 is 5.32 Å². The molecule has 1 aromatic carbocycles. The number of nitrogens with one attached hydrogen (secondary N) is 1. The summed E-state index contributed by atoms with van der Waals surface area (Å²) in [7, 11) is 4.24. The monoisotopic (exact) mass is 286 g/mol. The molecule has 0 atom stereocenters.